The number of hydrogen-bond acceptors (Lipinski definition) is 6. The zero-order valence-electron chi connectivity index (χ0n) is 20.0. The fourth-order valence-corrected chi connectivity index (χ4v) is 5.50. The average molecular weight is 501 g/mol. The number of aromatic nitrogens is 1. The van der Waals surface area contributed by atoms with Crippen molar-refractivity contribution in [2.45, 2.75) is 51.2 Å². The van der Waals surface area contributed by atoms with Gasteiger partial charge in [0.05, 0.1) is 9.82 Å². The fourth-order valence-electron chi connectivity index (χ4n) is 4.14. The van der Waals surface area contributed by atoms with E-state index in [4.69, 9.17) is 0 Å². The molecule has 0 fully saturated rings. The number of anilines is 1. The molecule has 0 bridgehead atoms. The van der Waals surface area contributed by atoms with Crippen LogP contribution in [0.2, 0.25) is 0 Å². The average Bonchev–Trinajstić information content (AvgIpc) is 3.12. The van der Waals surface area contributed by atoms with E-state index in [1.807, 2.05) is 27.7 Å². The van der Waals surface area contributed by atoms with E-state index in [2.05, 4.69) is 5.32 Å². The second-order valence-corrected chi connectivity index (χ2v) is 10.7. The molecule has 35 heavy (non-hydrogen) atoms. The highest BCUT2D eigenvalue weighted by Gasteiger charge is 2.26. The quantitative estimate of drug-likeness (QED) is 0.353. The zero-order valence-corrected chi connectivity index (χ0v) is 20.8. The lowest BCUT2D eigenvalue weighted by Gasteiger charge is -2.31. The molecule has 0 spiro atoms. The number of nitrogens with zero attached hydrogens (tertiary/aromatic N) is 3. The summed E-state index contributed by atoms with van der Waals surface area (Å²) in [5.41, 5.74) is 0.455. The molecule has 0 aliphatic rings. The summed E-state index contributed by atoms with van der Waals surface area (Å²) >= 11 is 0. The van der Waals surface area contributed by atoms with Gasteiger partial charge in [-0.05, 0) is 39.8 Å². The molecule has 0 unspecified atom stereocenters. The molecule has 0 aliphatic carbocycles. The lowest BCUT2D eigenvalue weighted by molar-refractivity contribution is -0.384. The van der Waals surface area contributed by atoms with Gasteiger partial charge in [-0.25, -0.2) is 8.42 Å². The Bertz CT molecular complexity index is 1370. The molecule has 2 amide bonds. The maximum atomic E-state index is 13.2. The lowest BCUT2D eigenvalue weighted by Crippen LogP contribution is -2.43. The summed E-state index contributed by atoms with van der Waals surface area (Å²) in [5, 5.41) is 13.7. The van der Waals surface area contributed by atoms with Crippen LogP contribution in [-0.4, -0.2) is 52.5 Å². The zero-order chi connectivity index (χ0) is 25.9. The molecule has 2 aromatic carbocycles. The second-order valence-electron chi connectivity index (χ2n) is 8.74. The van der Waals surface area contributed by atoms with Crippen LogP contribution in [-0.2, 0) is 26.0 Å². The molecule has 11 heteroatoms. The van der Waals surface area contributed by atoms with Gasteiger partial charge < -0.3 is 14.8 Å². The number of amides is 2. The van der Waals surface area contributed by atoms with Gasteiger partial charge in [0.2, 0.25) is 11.8 Å². The van der Waals surface area contributed by atoms with E-state index in [9.17, 15) is 28.1 Å². The van der Waals surface area contributed by atoms with Crippen molar-refractivity contribution in [2.75, 3.05) is 11.1 Å². The number of para-hydroxylation sites is 1. The number of benzene rings is 2. The Morgan fingerprint density at radius 1 is 1.06 bits per heavy atom. The van der Waals surface area contributed by atoms with Gasteiger partial charge in [-0.2, -0.15) is 0 Å². The molecule has 0 aliphatic heterocycles. The molecule has 0 radical (unpaired) electrons. The standard InChI is InChI=1S/C24H28N4O6S/c1-16(2)27(17(3)4)24(30)14-26-13-22(20-10-5-6-11-21(20)26)35(33,34)15-23(29)25-18-8-7-9-19(12-18)28(31)32/h5-13,16-17H,14-15H2,1-4H3,(H,25,29). The highest BCUT2D eigenvalue weighted by atomic mass is 32.2. The van der Waals surface area contributed by atoms with Crippen LogP contribution in [0, 0.1) is 10.1 Å². The Morgan fingerprint density at radius 2 is 1.71 bits per heavy atom. The van der Waals surface area contributed by atoms with Gasteiger partial charge in [-0.1, -0.05) is 24.3 Å². The number of nitro benzene ring substituents is 1. The Hall–Kier alpha value is -3.73. The first kappa shape index (κ1) is 25.9. The number of nitro groups is 1. The van der Waals surface area contributed by atoms with Gasteiger partial charge in [0.15, 0.2) is 9.84 Å². The maximum absolute atomic E-state index is 13.2. The van der Waals surface area contributed by atoms with Crippen LogP contribution >= 0.6 is 0 Å². The molecule has 10 nitrogen and oxygen atoms in total. The molecular weight excluding hydrogens is 472 g/mol. The van der Waals surface area contributed by atoms with E-state index in [0.717, 1.165) is 6.07 Å². The second kappa shape index (κ2) is 10.3. The maximum Gasteiger partial charge on any atom is 0.271 e. The number of hydrogen-bond donors (Lipinski definition) is 1. The predicted octanol–water partition coefficient (Wildman–Crippen LogP) is 3.61. The number of nitrogens with one attached hydrogen (secondary N) is 1. The van der Waals surface area contributed by atoms with Gasteiger partial charge in [0, 0.05) is 47.0 Å². The number of fused-ring (bicyclic) bond motifs is 1. The van der Waals surface area contributed by atoms with Crippen molar-refractivity contribution in [1.82, 2.24) is 9.47 Å². The van der Waals surface area contributed by atoms with Crippen molar-refractivity contribution in [2.24, 2.45) is 0 Å². The van der Waals surface area contributed by atoms with E-state index in [0.29, 0.717) is 10.9 Å². The lowest BCUT2D eigenvalue weighted by atomic mass is 10.2. The van der Waals surface area contributed by atoms with Crippen LogP contribution in [0.5, 0.6) is 0 Å². The summed E-state index contributed by atoms with van der Waals surface area (Å²) in [7, 11) is -4.09. The number of rotatable bonds is 9. The van der Waals surface area contributed by atoms with Crippen LogP contribution in [0.15, 0.2) is 59.6 Å². The predicted molar refractivity (Wildman–Crippen MR) is 133 cm³/mol. The SMILES string of the molecule is CC(C)N(C(=O)Cn1cc(S(=O)(=O)CC(=O)Nc2cccc([N+](=O)[O-])c2)c2ccccc21)C(C)C. The fraction of sp³-hybridized carbons (Fsp3) is 0.333. The minimum atomic E-state index is -4.09. The molecule has 186 valence electrons. The van der Waals surface area contributed by atoms with E-state index in [1.165, 1.54) is 24.4 Å². The summed E-state index contributed by atoms with van der Waals surface area (Å²) in [6, 6.07) is 12.0. The van der Waals surface area contributed by atoms with E-state index >= 15 is 0 Å². The van der Waals surface area contributed by atoms with Gasteiger partial charge in [-0.3, -0.25) is 19.7 Å². The molecule has 1 heterocycles. The molecular formula is C24H28N4O6S. The number of non-ortho nitro benzene ring substituents is 1. The molecule has 3 rings (SSSR count). The Kier molecular flexibility index (Phi) is 7.59. The first-order valence-electron chi connectivity index (χ1n) is 11.1. The summed E-state index contributed by atoms with van der Waals surface area (Å²) in [5.74, 6) is -1.84. The first-order valence-corrected chi connectivity index (χ1v) is 12.7. The van der Waals surface area contributed by atoms with Crippen LogP contribution < -0.4 is 5.32 Å². The van der Waals surface area contributed by atoms with Gasteiger partial charge in [0.25, 0.3) is 5.69 Å². The van der Waals surface area contributed by atoms with Crippen molar-refractivity contribution in [1.29, 1.82) is 0 Å². The molecule has 3 aromatic rings. The summed E-state index contributed by atoms with van der Waals surface area (Å²) in [4.78, 5) is 37.5. The topological polar surface area (TPSA) is 132 Å². The van der Waals surface area contributed by atoms with Crippen molar-refractivity contribution >= 4 is 43.9 Å². The molecule has 0 saturated carbocycles. The summed E-state index contributed by atoms with van der Waals surface area (Å²) in [6.07, 6.45) is 1.39. The first-order chi connectivity index (χ1) is 16.4. The Balaban J connectivity index is 1.88. The van der Waals surface area contributed by atoms with Gasteiger partial charge >= 0.3 is 0 Å². The monoisotopic (exact) mass is 500 g/mol. The van der Waals surface area contributed by atoms with Crippen molar-refractivity contribution < 1.29 is 22.9 Å². The Labute approximate surface area is 203 Å². The number of carbonyl (C=O) groups is 2. The molecule has 1 N–H and O–H groups in total. The highest BCUT2D eigenvalue weighted by molar-refractivity contribution is 7.92. The molecule has 1 aromatic heterocycles. The third kappa shape index (κ3) is 5.86. The third-order valence-corrected chi connectivity index (χ3v) is 7.09. The molecule has 0 atom stereocenters. The van der Waals surface area contributed by atoms with E-state index < -0.39 is 26.4 Å². The third-order valence-electron chi connectivity index (χ3n) is 5.46. The van der Waals surface area contributed by atoms with Crippen LogP contribution in [0.1, 0.15) is 27.7 Å². The Morgan fingerprint density at radius 3 is 2.34 bits per heavy atom. The van der Waals surface area contributed by atoms with E-state index in [-0.39, 0.29) is 40.8 Å². The smallest absolute Gasteiger partial charge is 0.271 e. The molecule has 0 saturated heterocycles. The minimum Gasteiger partial charge on any atom is -0.337 e. The van der Waals surface area contributed by atoms with Gasteiger partial charge in [-0.15, -0.1) is 0 Å². The number of sulfone groups is 1. The van der Waals surface area contributed by atoms with Crippen molar-refractivity contribution in [3.63, 3.8) is 0 Å². The van der Waals surface area contributed by atoms with E-state index in [1.54, 1.807) is 33.7 Å². The van der Waals surface area contributed by atoms with Gasteiger partial charge in [0.1, 0.15) is 12.3 Å². The van der Waals surface area contributed by atoms with Crippen LogP contribution in [0.3, 0.4) is 0 Å². The minimum absolute atomic E-state index is 0.0231. The number of carbonyl (C=O) groups excluding carboxylic acids is 2. The van der Waals surface area contributed by atoms with Crippen LogP contribution in [0.25, 0.3) is 10.9 Å². The highest BCUT2D eigenvalue weighted by Crippen LogP contribution is 2.27. The summed E-state index contributed by atoms with van der Waals surface area (Å²) in [6.45, 7) is 7.62. The normalized spacial score (nSPS) is 11.7. The van der Waals surface area contributed by atoms with Crippen molar-refractivity contribution in [3.05, 3.63) is 64.8 Å². The van der Waals surface area contributed by atoms with Crippen molar-refractivity contribution in [3.8, 4) is 0 Å². The van der Waals surface area contributed by atoms with Crippen LogP contribution in [0.4, 0.5) is 11.4 Å². The summed E-state index contributed by atoms with van der Waals surface area (Å²) < 4.78 is 28.0. The largest absolute Gasteiger partial charge is 0.337 e.